The number of nitrogens with zero attached hydrogens (tertiary/aromatic N) is 2. The maximum Gasteiger partial charge on any atom is 0.267 e. The van der Waals surface area contributed by atoms with Crippen LogP contribution in [0.25, 0.3) is 11.3 Å². The van der Waals surface area contributed by atoms with E-state index in [1.807, 2.05) is 20.8 Å². The van der Waals surface area contributed by atoms with E-state index in [9.17, 15) is 13.2 Å². The van der Waals surface area contributed by atoms with E-state index in [1.54, 1.807) is 0 Å². The number of aryl methyl sites for hydroxylation is 1. The van der Waals surface area contributed by atoms with Gasteiger partial charge in [-0.3, -0.25) is 9.97 Å². The highest BCUT2D eigenvalue weighted by atomic mass is 19.3. The Morgan fingerprint density at radius 1 is 1.27 bits per heavy atom. The van der Waals surface area contributed by atoms with Crippen molar-refractivity contribution in [3.63, 3.8) is 0 Å². The molecule has 2 aromatic heterocycles. The Kier molecular flexibility index (Phi) is 6.23. The molecule has 2 N–H and O–H groups in total. The third kappa shape index (κ3) is 5.17. The van der Waals surface area contributed by atoms with Crippen LogP contribution in [-0.2, 0) is 0 Å². The summed E-state index contributed by atoms with van der Waals surface area (Å²) >= 11 is 0. The maximum atomic E-state index is 14.2. The largest absolute Gasteiger partial charge is 0.491 e. The molecule has 26 heavy (non-hydrogen) atoms. The minimum atomic E-state index is -2.76. The molecule has 2 aromatic rings. The fourth-order valence-corrected chi connectivity index (χ4v) is 2.83. The minimum Gasteiger partial charge on any atom is -0.491 e. The number of nitrogens with two attached hydrogens (primary N) is 1. The summed E-state index contributed by atoms with van der Waals surface area (Å²) in [5.41, 5.74) is 5.71. The Balaban J connectivity index is 2.25. The summed E-state index contributed by atoms with van der Waals surface area (Å²) < 4.78 is 46.7. The topological polar surface area (TPSA) is 61.0 Å². The second kappa shape index (κ2) is 8.03. The highest BCUT2D eigenvalue weighted by Crippen LogP contribution is 2.33. The molecule has 0 fully saturated rings. The van der Waals surface area contributed by atoms with E-state index >= 15 is 0 Å². The van der Waals surface area contributed by atoms with Gasteiger partial charge in [-0.05, 0) is 45.2 Å². The van der Waals surface area contributed by atoms with Gasteiger partial charge in [0.2, 0.25) is 0 Å². The van der Waals surface area contributed by atoms with Gasteiger partial charge in [-0.15, -0.1) is 0 Å². The smallest absolute Gasteiger partial charge is 0.267 e. The molecule has 0 bridgehead atoms. The van der Waals surface area contributed by atoms with Crippen molar-refractivity contribution in [2.24, 2.45) is 11.7 Å². The fraction of sp³-hybridized carbons (Fsp3) is 0.474. The highest BCUT2D eigenvalue weighted by Gasteiger charge is 2.21. The van der Waals surface area contributed by atoms with Crippen LogP contribution in [-0.4, -0.2) is 22.1 Å². The predicted octanol–water partition coefficient (Wildman–Crippen LogP) is 4.67. The lowest BCUT2D eigenvalue weighted by Crippen LogP contribution is -2.35. The fourth-order valence-electron chi connectivity index (χ4n) is 2.83. The third-order valence-electron chi connectivity index (χ3n) is 3.87. The Morgan fingerprint density at radius 2 is 1.96 bits per heavy atom. The number of pyridine rings is 2. The molecule has 7 heteroatoms. The van der Waals surface area contributed by atoms with E-state index in [4.69, 9.17) is 10.5 Å². The van der Waals surface area contributed by atoms with Gasteiger partial charge >= 0.3 is 0 Å². The van der Waals surface area contributed by atoms with Crippen molar-refractivity contribution in [2.45, 2.75) is 46.1 Å². The van der Waals surface area contributed by atoms with E-state index < -0.39 is 12.2 Å². The predicted molar refractivity (Wildman–Crippen MR) is 94.7 cm³/mol. The van der Waals surface area contributed by atoms with Crippen molar-refractivity contribution in [2.75, 3.05) is 6.61 Å². The first kappa shape index (κ1) is 20.2. The van der Waals surface area contributed by atoms with Crippen LogP contribution in [0.1, 0.15) is 44.9 Å². The van der Waals surface area contributed by atoms with Gasteiger partial charge < -0.3 is 10.5 Å². The number of ether oxygens (including phenoxy) is 1. The first-order valence-electron chi connectivity index (χ1n) is 8.39. The Bertz CT molecular complexity index is 760. The zero-order chi connectivity index (χ0) is 19.5. The van der Waals surface area contributed by atoms with Crippen LogP contribution in [0.3, 0.4) is 0 Å². The SMILES string of the molecule is Cc1nccc(-c2cc(C(F)F)c(OCC(C)CC(C)(C)N)cn2)c1F. The number of halogens is 3. The lowest BCUT2D eigenvalue weighted by Gasteiger charge is -2.23. The molecule has 1 unspecified atom stereocenters. The number of hydrogen-bond acceptors (Lipinski definition) is 4. The zero-order valence-electron chi connectivity index (χ0n) is 15.4. The van der Waals surface area contributed by atoms with Gasteiger partial charge in [-0.1, -0.05) is 6.92 Å². The first-order valence-corrected chi connectivity index (χ1v) is 8.39. The molecule has 0 aliphatic carbocycles. The van der Waals surface area contributed by atoms with Crippen molar-refractivity contribution >= 4 is 0 Å². The van der Waals surface area contributed by atoms with E-state index in [-0.39, 0.29) is 46.3 Å². The minimum absolute atomic E-state index is 0.00314. The molecular weight excluding hydrogens is 343 g/mol. The number of hydrogen-bond donors (Lipinski definition) is 1. The van der Waals surface area contributed by atoms with Crippen molar-refractivity contribution in [1.82, 2.24) is 9.97 Å². The molecular formula is C19H24F3N3O. The molecule has 4 nitrogen and oxygen atoms in total. The van der Waals surface area contributed by atoms with Gasteiger partial charge in [0, 0.05) is 17.3 Å². The Hall–Kier alpha value is -2.15. The lowest BCUT2D eigenvalue weighted by molar-refractivity contribution is 0.142. The molecule has 0 aliphatic heterocycles. The maximum absolute atomic E-state index is 14.2. The van der Waals surface area contributed by atoms with Gasteiger partial charge in [-0.2, -0.15) is 0 Å². The lowest BCUT2D eigenvalue weighted by atomic mass is 9.93. The molecule has 2 rings (SSSR count). The molecule has 0 radical (unpaired) electrons. The summed E-state index contributed by atoms with van der Waals surface area (Å²) in [6.45, 7) is 7.48. The van der Waals surface area contributed by atoms with Gasteiger partial charge in [-0.25, -0.2) is 13.2 Å². The molecule has 142 valence electrons. The normalized spacial score (nSPS) is 13.1. The second-order valence-electron chi connectivity index (χ2n) is 7.27. The first-order chi connectivity index (χ1) is 12.1. The van der Waals surface area contributed by atoms with Gasteiger partial charge in [0.1, 0.15) is 5.75 Å². The van der Waals surface area contributed by atoms with Crippen LogP contribution in [0, 0.1) is 18.7 Å². The van der Waals surface area contributed by atoms with E-state index in [2.05, 4.69) is 9.97 Å². The molecule has 1 atom stereocenters. The average Bonchev–Trinajstić information content (AvgIpc) is 2.54. The molecule has 0 saturated carbocycles. The summed E-state index contributed by atoms with van der Waals surface area (Å²) in [4.78, 5) is 7.93. The van der Waals surface area contributed by atoms with Crippen molar-refractivity contribution in [3.05, 3.63) is 41.6 Å². The summed E-state index contributed by atoms with van der Waals surface area (Å²) in [5.74, 6) is -0.496. The highest BCUT2D eigenvalue weighted by molar-refractivity contribution is 5.62. The molecule has 0 aromatic carbocycles. The van der Waals surface area contributed by atoms with E-state index in [1.165, 1.54) is 25.4 Å². The molecule has 0 amide bonds. The summed E-state index contributed by atoms with van der Waals surface area (Å²) in [7, 11) is 0. The van der Waals surface area contributed by atoms with Crippen LogP contribution in [0.5, 0.6) is 5.75 Å². The zero-order valence-corrected chi connectivity index (χ0v) is 15.4. The van der Waals surface area contributed by atoms with Gasteiger partial charge in [0.05, 0.1) is 29.8 Å². The van der Waals surface area contributed by atoms with Gasteiger partial charge in [0.15, 0.2) is 5.82 Å². The van der Waals surface area contributed by atoms with Crippen LogP contribution in [0.4, 0.5) is 13.2 Å². The number of rotatable bonds is 7. The average molecular weight is 367 g/mol. The number of aromatic nitrogens is 2. The van der Waals surface area contributed by atoms with Crippen molar-refractivity contribution < 1.29 is 17.9 Å². The van der Waals surface area contributed by atoms with Crippen LogP contribution in [0.15, 0.2) is 24.5 Å². The van der Waals surface area contributed by atoms with E-state index in [0.717, 1.165) is 6.07 Å². The standard InChI is InChI=1S/C19H24F3N3O/c1-11(8-19(3,4)23)10-26-16-9-25-15(7-14(16)18(21)22)13-5-6-24-12(2)17(13)20/h5-7,9,11,18H,8,10,23H2,1-4H3. The van der Waals surface area contributed by atoms with Gasteiger partial charge in [0.25, 0.3) is 6.43 Å². The second-order valence-corrected chi connectivity index (χ2v) is 7.27. The Morgan fingerprint density at radius 3 is 2.58 bits per heavy atom. The monoisotopic (exact) mass is 367 g/mol. The summed E-state index contributed by atoms with van der Waals surface area (Å²) in [6, 6.07) is 2.57. The van der Waals surface area contributed by atoms with Crippen LogP contribution >= 0.6 is 0 Å². The van der Waals surface area contributed by atoms with E-state index in [0.29, 0.717) is 6.42 Å². The summed E-state index contributed by atoms with van der Waals surface area (Å²) in [5, 5.41) is 0. The summed E-state index contributed by atoms with van der Waals surface area (Å²) in [6.07, 6.45) is 0.549. The number of alkyl halides is 2. The van der Waals surface area contributed by atoms with Crippen molar-refractivity contribution in [3.8, 4) is 17.0 Å². The molecule has 0 saturated heterocycles. The molecule has 0 spiro atoms. The quantitative estimate of drug-likeness (QED) is 0.772. The van der Waals surface area contributed by atoms with Crippen molar-refractivity contribution in [1.29, 1.82) is 0 Å². The Labute approximate surface area is 151 Å². The van der Waals surface area contributed by atoms with Crippen LogP contribution < -0.4 is 10.5 Å². The third-order valence-corrected chi connectivity index (χ3v) is 3.87. The molecule has 2 heterocycles. The molecule has 0 aliphatic rings. The van der Waals surface area contributed by atoms with Crippen LogP contribution in [0.2, 0.25) is 0 Å².